The third kappa shape index (κ3) is 1.19. The molecule has 78 valence electrons. The Morgan fingerprint density at radius 1 is 1.29 bits per heavy atom. The maximum absolute atomic E-state index is 11.4. The average Bonchev–Trinajstić information content (AvgIpc) is 2.74. The van der Waals surface area contributed by atoms with E-state index in [1.807, 2.05) is 0 Å². The lowest BCUT2D eigenvalue weighted by atomic mass is 9.79. The van der Waals surface area contributed by atoms with Crippen LogP contribution in [-0.4, -0.2) is 36.4 Å². The molecule has 2 bridgehead atoms. The number of rotatable bonds is 2. The SMILES string of the molecule is COC(=O)[C@@H]1[C@H](C(=O)O)[C@@H]2CC[C@H]1O2. The molecule has 0 unspecified atom stereocenters. The van der Waals surface area contributed by atoms with E-state index in [0.717, 1.165) is 12.8 Å². The standard InChI is InChI=1S/C9H12O5/c1-13-9(12)7-5-3-2-4(14-5)6(7)8(10)11/h4-7H,2-3H2,1H3,(H,10,11)/t4-,5+,6+,7-/m0/s1. The minimum atomic E-state index is -0.965. The van der Waals surface area contributed by atoms with Gasteiger partial charge in [0.25, 0.3) is 0 Å². The molecule has 2 aliphatic heterocycles. The first-order valence-electron chi connectivity index (χ1n) is 4.61. The van der Waals surface area contributed by atoms with Crippen molar-refractivity contribution in [3.63, 3.8) is 0 Å². The molecular formula is C9H12O5. The first-order valence-corrected chi connectivity index (χ1v) is 4.61. The predicted molar refractivity (Wildman–Crippen MR) is 44.5 cm³/mol. The molecule has 0 aromatic rings. The van der Waals surface area contributed by atoms with Crippen molar-refractivity contribution in [1.29, 1.82) is 0 Å². The van der Waals surface area contributed by atoms with Gasteiger partial charge in [0, 0.05) is 0 Å². The summed E-state index contributed by atoms with van der Waals surface area (Å²) in [5.74, 6) is -2.77. The van der Waals surface area contributed by atoms with Gasteiger partial charge in [-0.05, 0) is 12.8 Å². The van der Waals surface area contributed by atoms with Crippen LogP contribution in [0, 0.1) is 11.8 Å². The third-order valence-corrected chi connectivity index (χ3v) is 3.03. The normalized spacial score (nSPS) is 39.8. The number of fused-ring (bicyclic) bond motifs is 2. The van der Waals surface area contributed by atoms with Crippen LogP contribution in [0.4, 0.5) is 0 Å². The van der Waals surface area contributed by atoms with Crippen LogP contribution in [0.3, 0.4) is 0 Å². The van der Waals surface area contributed by atoms with Crippen molar-refractivity contribution in [2.75, 3.05) is 7.11 Å². The van der Waals surface area contributed by atoms with E-state index >= 15 is 0 Å². The van der Waals surface area contributed by atoms with Crippen molar-refractivity contribution in [2.45, 2.75) is 25.0 Å². The number of carbonyl (C=O) groups excluding carboxylic acids is 1. The Hall–Kier alpha value is -1.10. The highest BCUT2D eigenvalue weighted by Gasteiger charge is 2.56. The fourth-order valence-electron chi connectivity index (χ4n) is 2.43. The highest BCUT2D eigenvalue weighted by Crippen LogP contribution is 2.43. The summed E-state index contributed by atoms with van der Waals surface area (Å²) in [4.78, 5) is 22.3. The number of methoxy groups -OCH3 is 1. The molecule has 5 heteroatoms. The second-order valence-electron chi connectivity index (χ2n) is 3.70. The molecule has 14 heavy (non-hydrogen) atoms. The van der Waals surface area contributed by atoms with E-state index in [0.29, 0.717) is 0 Å². The molecule has 1 N–H and O–H groups in total. The van der Waals surface area contributed by atoms with E-state index in [1.165, 1.54) is 7.11 Å². The van der Waals surface area contributed by atoms with Gasteiger partial charge >= 0.3 is 11.9 Å². The van der Waals surface area contributed by atoms with E-state index in [2.05, 4.69) is 4.74 Å². The van der Waals surface area contributed by atoms with Crippen molar-refractivity contribution in [2.24, 2.45) is 11.8 Å². The molecule has 0 radical (unpaired) electrons. The number of carbonyl (C=O) groups is 2. The van der Waals surface area contributed by atoms with Crippen LogP contribution in [0.2, 0.25) is 0 Å². The summed E-state index contributed by atoms with van der Waals surface area (Å²) < 4.78 is 9.98. The first kappa shape index (κ1) is 9.45. The smallest absolute Gasteiger partial charge is 0.312 e. The first-order chi connectivity index (χ1) is 6.65. The fourth-order valence-corrected chi connectivity index (χ4v) is 2.43. The molecule has 2 aliphatic rings. The van der Waals surface area contributed by atoms with E-state index in [4.69, 9.17) is 9.84 Å². The van der Waals surface area contributed by atoms with E-state index in [-0.39, 0.29) is 12.2 Å². The fraction of sp³-hybridized carbons (Fsp3) is 0.778. The van der Waals surface area contributed by atoms with Crippen molar-refractivity contribution >= 4 is 11.9 Å². The second kappa shape index (κ2) is 3.24. The van der Waals surface area contributed by atoms with Gasteiger partial charge in [0.2, 0.25) is 0 Å². The molecule has 0 amide bonds. The maximum atomic E-state index is 11.4. The van der Waals surface area contributed by atoms with Crippen LogP contribution in [0.1, 0.15) is 12.8 Å². The summed E-state index contributed by atoms with van der Waals surface area (Å²) in [5.41, 5.74) is 0. The van der Waals surface area contributed by atoms with Crippen molar-refractivity contribution < 1.29 is 24.2 Å². The molecule has 0 aromatic heterocycles. The molecule has 0 saturated carbocycles. The largest absolute Gasteiger partial charge is 0.481 e. The van der Waals surface area contributed by atoms with Gasteiger partial charge in [0.1, 0.15) is 0 Å². The maximum Gasteiger partial charge on any atom is 0.312 e. The Morgan fingerprint density at radius 2 is 1.86 bits per heavy atom. The lowest BCUT2D eigenvalue weighted by Crippen LogP contribution is -2.38. The lowest BCUT2D eigenvalue weighted by molar-refractivity contribution is -0.156. The van der Waals surface area contributed by atoms with Crippen LogP contribution in [-0.2, 0) is 19.1 Å². The Kier molecular flexibility index (Phi) is 2.19. The number of aliphatic carboxylic acids is 1. The number of carboxylic acids is 1. The van der Waals surface area contributed by atoms with Gasteiger partial charge < -0.3 is 14.6 Å². The molecule has 5 nitrogen and oxygen atoms in total. The molecule has 0 aromatic carbocycles. The molecule has 0 spiro atoms. The highest BCUT2D eigenvalue weighted by molar-refractivity contribution is 5.83. The summed E-state index contributed by atoms with van der Waals surface area (Å²) in [6.45, 7) is 0. The van der Waals surface area contributed by atoms with Crippen LogP contribution < -0.4 is 0 Å². The third-order valence-electron chi connectivity index (χ3n) is 3.03. The van der Waals surface area contributed by atoms with E-state index < -0.39 is 23.8 Å². The van der Waals surface area contributed by atoms with Gasteiger partial charge in [0.05, 0.1) is 31.2 Å². The Labute approximate surface area is 81.0 Å². The predicted octanol–water partition coefficient (Wildman–Crippen LogP) is 0.0376. The monoisotopic (exact) mass is 200 g/mol. The van der Waals surface area contributed by atoms with Crippen LogP contribution in [0.5, 0.6) is 0 Å². The van der Waals surface area contributed by atoms with Gasteiger partial charge in [0.15, 0.2) is 0 Å². The molecule has 2 saturated heterocycles. The highest BCUT2D eigenvalue weighted by atomic mass is 16.5. The van der Waals surface area contributed by atoms with Gasteiger partial charge in [-0.25, -0.2) is 0 Å². The van der Waals surface area contributed by atoms with Gasteiger partial charge in [-0.3, -0.25) is 9.59 Å². The number of hydrogen-bond donors (Lipinski definition) is 1. The number of ether oxygens (including phenoxy) is 2. The zero-order valence-electron chi connectivity index (χ0n) is 7.80. The second-order valence-corrected chi connectivity index (χ2v) is 3.70. The molecule has 4 atom stereocenters. The van der Waals surface area contributed by atoms with Gasteiger partial charge in [-0.15, -0.1) is 0 Å². The summed E-state index contributed by atoms with van der Waals surface area (Å²) in [6, 6.07) is 0. The molecule has 2 rings (SSSR count). The van der Waals surface area contributed by atoms with E-state index in [9.17, 15) is 9.59 Å². The lowest BCUT2D eigenvalue weighted by Gasteiger charge is -2.22. The Morgan fingerprint density at radius 3 is 2.36 bits per heavy atom. The minimum Gasteiger partial charge on any atom is -0.481 e. The van der Waals surface area contributed by atoms with E-state index in [1.54, 1.807) is 0 Å². The van der Waals surface area contributed by atoms with Crippen molar-refractivity contribution in [3.8, 4) is 0 Å². The molecule has 0 aliphatic carbocycles. The van der Waals surface area contributed by atoms with Crippen molar-refractivity contribution in [1.82, 2.24) is 0 Å². The van der Waals surface area contributed by atoms with Crippen LogP contribution in [0.15, 0.2) is 0 Å². The molecular weight excluding hydrogens is 188 g/mol. The summed E-state index contributed by atoms with van der Waals surface area (Å²) in [7, 11) is 1.27. The average molecular weight is 200 g/mol. The number of carboxylic acid groups (broad SMARTS) is 1. The van der Waals surface area contributed by atoms with Crippen molar-refractivity contribution in [3.05, 3.63) is 0 Å². The molecule has 2 heterocycles. The number of esters is 1. The van der Waals surface area contributed by atoms with Crippen LogP contribution in [0.25, 0.3) is 0 Å². The Bertz CT molecular complexity index is 274. The quantitative estimate of drug-likeness (QED) is 0.637. The minimum absolute atomic E-state index is 0.256. The zero-order chi connectivity index (χ0) is 10.3. The van der Waals surface area contributed by atoms with Gasteiger partial charge in [-0.2, -0.15) is 0 Å². The topological polar surface area (TPSA) is 72.8 Å². The zero-order valence-corrected chi connectivity index (χ0v) is 7.80. The Balaban J connectivity index is 2.21. The van der Waals surface area contributed by atoms with Gasteiger partial charge in [-0.1, -0.05) is 0 Å². The number of hydrogen-bond acceptors (Lipinski definition) is 4. The summed E-state index contributed by atoms with van der Waals surface area (Å²) in [6.07, 6.45) is 0.929. The molecule has 2 fully saturated rings. The summed E-state index contributed by atoms with van der Waals surface area (Å²) in [5, 5.41) is 8.96. The summed E-state index contributed by atoms with van der Waals surface area (Å²) >= 11 is 0. The van der Waals surface area contributed by atoms with Crippen LogP contribution >= 0.6 is 0 Å².